The summed E-state index contributed by atoms with van der Waals surface area (Å²) in [6.07, 6.45) is 7.44. The van der Waals surface area contributed by atoms with Gasteiger partial charge in [-0.3, -0.25) is 0 Å². The maximum absolute atomic E-state index is 11.4. The number of hydrogen-bond acceptors (Lipinski definition) is 9. The summed E-state index contributed by atoms with van der Waals surface area (Å²) in [6.45, 7) is 0. The molecule has 1 saturated carbocycles. The molecule has 4 rings (SSSR count). The van der Waals surface area contributed by atoms with Gasteiger partial charge < -0.3 is 16.4 Å². The first-order chi connectivity index (χ1) is 14.4. The van der Waals surface area contributed by atoms with Crippen molar-refractivity contribution in [1.29, 1.82) is 0 Å². The normalized spacial score (nSPS) is 15.1. The van der Waals surface area contributed by atoms with Crippen molar-refractivity contribution >= 4 is 33.4 Å². The fourth-order valence-electron chi connectivity index (χ4n) is 3.40. The quantitative estimate of drug-likeness (QED) is 0.456. The van der Waals surface area contributed by atoms with Crippen molar-refractivity contribution in [2.45, 2.75) is 43.0 Å². The van der Waals surface area contributed by atoms with Gasteiger partial charge >= 0.3 is 0 Å². The highest BCUT2D eigenvalue weighted by molar-refractivity contribution is 7.89. The summed E-state index contributed by atoms with van der Waals surface area (Å²) in [5.74, 6) is 1.61. The zero-order chi connectivity index (χ0) is 21.1. The number of anilines is 4. The molecule has 30 heavy (non-hydrogen) atoms. The summed E-state index contributed by atoms with van der Waals surface area (Å²) in [4.78, 5) is 12.7. The van der Waals surface area contributed by atoms with E-state index in [1.807, 2.05) is 0 Å². The maximum atomic E-state index is 11.4. The van der Waals surface area contributed by atoms with E-state index in [0.29, 0.717) is 17.5 Å². The first kappa shape index (κ1) is 20.0. The van der Waals surface area contributed by atoms with Crippen LogP contribution in [0.3, 0.4) is 0 Å². The highest BCUT2D eigenvalue weighted by atomic mass is 32.2. The summed E-state index contributed by atoms with van der Waals surface area (Å²) in [7, 11) is -3.75. The fraction of sp³-hybridized carbons (Fsp3) is 0.333. The van der Waals surface area contributed by atoms with E-state index < -0.39 is 10.0 Å². The lowest BCUT2D eigenvalue weighted by molar-refractivity contribution is 0.462. The molecule has 0 spiro atoms. The lowest BCUT2D eigenvalue weighted by atomic mass is 9.95. The number of primary sulfonamides is 1. The monoisotopic (exact) mass is 429 g/mol. The second-order valence-electron chi connectivity index (χ2n) is 7.14. The Hall–Kier alpha value is -3.25. The lowest BCUT2D eigenvalue weighted by Crippen LogP contribution is -2.23. The van der Waals surface area contributed by atoms with Crippen LogP contribution in [-0.4, -0.2) is 39.2 Å². The summed E-state index contributed by atoms with van der Waals surface area (Å²) in [5, 5.41) is 15.9. The molecule has 0 unspecified atom stereocenters. The minimum absolute atomic E-state index is 0.0185. The van der Waals surface area contributed by atoms with E-state index in [2.05, 4.69) is 30.7 Å². The molecule has 11 nitrogen and oxygen atoms in total. The molecule has 3 aromatic rings. The number of nitrogen functional groups attached to an aromatic ring is 1. The third-order valence-corrected chi connectivity index (χ3v) is 5.83. The Morgan fingerprint density at radius 3 is 2.50 bits per heavy atom. The smallest absolute Gasteiger partial charge is 0.248 e. The van der Waals surface area contributed by atoms with Crippen LogP contribution in [0.2, 0.25) is 0 Å². The molecule has 0 amide bonds. The number of benzene rings is 1. The van der Waals surface area contributed by atoms with E-state index >= 15 is 0 Å². The third-order valence-electron chi connectivity index (χ3n) is 4.90. The number of sulfonamides is 1. The maximum Gasteiger partial charge on any atom is 0.248 e. The predicted octanol–water partition coefficient (Wildman–Crippen LogP) is 1.78. The number of nitrogens with two attached hydrogens (primary N) is 2. The van der Waals surface area contributed by atoms with Gasteiger partial charge in [-0.2, -0.15) is 9.67 Å². The molecule has 0 atom stereocenters. The number of nitrogens with zero attached hydrogens (tertiary/aromatic N) is 5. The van der Waals surface area contributed by atoms with Crippen LogP contribution >= 0.6 is 0 Å². The van der Waals surface area contributed by atoms with Gasteiger partial charge in [-0.15, -0.1) is 5.10 Å². The molecular weight excluding hydrogens is 406 g/mol. The summed E-state index contributed by atoms with van der Waals surface area (Å²) >= 11 is 0. The Morgan fingerprint density at radius 1 is 1.07 bits per heavy atom. The first-order valence-electron chi connectivity index (χ1n) is 9.60. The molecule has 158 valence electrons. The molecule has 1 aromatic carbocycles. The molecule has 2 heterocycles. The predicted molar refractivity (Wildman–Crippen MR) is 113 cm³/mol. The van der Waals surface area contributed by atoms with Crippen molar-refractivity contribution in [2.24, 2.45) is 5.14 Å². The van der Waals surface area contributed by atoms with Crippen molar-refractivity contribution < 1.29 is 8.42 Å². The first-order valence-corrected chi connectivity index (χ1v) is 11.1. The summed E-state index contributed by atoms with van der Waals surface area (Å²) in [5.41, 5.74) is 6.60. The summed E-state index contributed by atoms with van der Waals surface area (Å²) in [6, 6.07) is 8.11. The van der Waals surface area contributed by atoms with Gasteiger partial charge in [-0.1, -0.05) is 19.3 Å². The van der Waals surface area contributed by atoms with Crippen LogP contribution in [0, 0.1) is 0 Å². The van der Waals surface area contributed by atoms with Crippen LogP contribution in [-0.2, 0) is 10.0 Å². The Kier molecular flexibility index (Phi) is 5.50. The third kappa shape index (κ3) is 4.66. The van der Waals surface area contributed by atoms with Gasteiger partial charge in [0.15, 0.2) is 5.82 Å². The van der Waals surface area contributed by atoms with Crippen molar-refractivity contribution in [3.8, 4) is 5.82 Å². The van der Waals surface area contributed by atoms with Gasteiger partial charge in [0, 0.05) is 17.8 Å². The average Bonchev–Trinajstić information content (AvgIpc) is 3.09. The highest BCUT2D eigenvalue weighted by Crippen LogP contribution is 2.22. The molecule has 2 aromatic heterocycles. The van der Waals surface area contributed by atoms with Gasteiger partial charge in [-0.05, 0) is 37.1 Å². The topological polar surface area (TPSA) is 167 Å². The molecule has 0 bridgehead atoms. The second kappa shape index (κ2) is 8.24. The standard InChI is InChI=1S/C18H23N9O2S/c19-17-25-18(24-13-6-8-14(9-7-13)30(20,28)29)26-27(17)16-10-15(21-11-22-16)23-12-4-2-1-3-5-12/h6-12H,1-5H2,(H2,20,28,29)(H,21,22,23)(H3,19,24,25,26). The summed E-state index contributed by atoms with van der Waals surface area (Å²) < 4.78 is 24.1. The Morgan fingerprint density at radius 2 is 1.80 bits per heavy atom. The zero-order valence-corrected chi connectivity index (χ0v) is 17.0. The second-order valence-corrected chi connectivity index (χ2v) is 8.70. The minimum Gasteiger partial charge on any atom is -0.368 e. The molecule has 0 aliphatic heterocycles. The molecular formula is C18H23N9O2S. The fourth-order valence-corrected chi connectivity index (χ4v) is 3.92. The van der Waals surface area contributed by atoms with Gasteiger partial charge in [0.2, 0.25) is 21.9 Å². The van der Waals surface area contributed by atoms with E-state index in [1.165, 1.54) is 42.4 Å². The molecule has 12 heteroatoms. The Labute approximate surface area is 174 Å². The van der Waals surface area contributed by atoms with Crippen LogP contribution in [0.1, 0.15) is 32.1 Å². The van der Waals surface area contributed by atoms with E-state index in [4.69, 9.17) is 10.9 Å². The van der Waals surface area contributed by atoms with E-state index in [-0.39, 0.29) is 16.8 Å². The van der Waals surface area contributed by atoms with Gasteiger partial charge in [0.25, 0.3) is 0 Å². The van der Waals surface area contributed by atoms with E-state index in [1.54, 1.807) is 18.2 Å². The zero-order valence-electron chi connectivity index (χ0n) is 16.2. The molecule has 0 saturated heterocycles. The van der Waals surface area contributed by atoms with Crippen LogP contribution < -0.4 is 21.5 Å². The van der Waals surface area contributed by atoms with Crippen molar-refractivity contribution in [1.82, 2.24) is 24.7 Å². The average molecular weight is 430 g/mol. The minimum atomic E-state index is -3.75. The van der Waals surface area contributed by atoms with Crippen molar-refractivity contribution in [3.05, 3.63) is 36.7 Å². The lowest BCUT2D eigenvalue weighted by Gasteiger charge is -2.23. The molecule has 6 N–H and O–H groups in total. The number of aromatic nitrogens is 5. The largest absolute Gasteiger partial charge is 0.368 e. The van der Waals surface area contributed by atoms with Gasteiger partial charge in [0.05, 0.1) is 4.90 Å². The van der Waals surface area contributed by atoms with Crippen molar-refractivity contribution in [2.75, 3.05) is 16.4 Å². The number of nitrogens with one attached hydrogen (secondary N) is 2. The van der Waals surface area contributed by atoms with Gasteiger partial charge in [0.1, 0.15) is 12.1 Å². The molecule has 0 radical (unpaired) electrons. The van der Waals surface area contributed by atoms with Crippen LogP contribution in [0.5, 0.6) is 0 Å². The van der Waals surface area contributed by atoms with E-state index in [9.17, 15) is 8.42 Å². The van der Waals surface area contributed by atoms with Crippen LogP contribution in [0.15, 0.2) is 41.6 Å². The Bertz CT molecular complexity index is 1120. The number of rotatable bonds is 6. The van der Waals surface area contributed by atoms with Crippen molar-refractivity contribution in [3.63, 3.8) is 0 Å². The molecule has 1 aliphatic carbocycles. The van der Waals surface area contributed by atoms with E-state index in [0.717, 1.165) is 18.7 Å². The van der Waals surface area contributed by atoms with Crippen LogP contribution in [0.25, 0.3) is 5.82 Å². The highest BCUT2D eigenvalue weighted by Gasteiger charge is 2.16. The Balaban J connectivity index is 1.50. The molecule has 1 aliphatic rings. The SMILES string of the molecule is Nc1nc(Nc2ccc(S(N)(=O)=O)cc2)nn1-c1cc(NC2CCCCC2)ncn1. The molecule has 1 fully saturated rings. The van der Waals surface area contributed by atoms with Crippen LogP contribution in [0.4, 0.5) is 23.4 Å². The number of hydrogen-bond donors (Lipinski definition) is 4. The van der Waals surface area contributed by atoms with Gasteiger partial charge in [-0.25, -0.2) is 23.5 Å².